The van der Waals surface area contributed by atoms with Crippen LogP contribution < -0.4 is 0 Å². The predicted octanol–water partition coefficient (Wildman–Crippen LogP) is 0.960. The Kier molecular flexibility index (Phi) is 6.62. The predicted molar refractivity (Wildman–Crippen MR) is 70.8 cm³/mol. The van der Waals surface area contributed by atoms with Gasteiger partial charge in [0.25, 0.3) is 0 Å². The topological polar surface area (TPSA) is 59.1 Å². The zero-order valence-electron chi connectivity index (χ0n) is 12.1. The maximum Gasteiger partial charge on any atom is 0.409 e. The van der Waals surface area contributed by atoms with Crippen molar-refractivity contribution >= 4 is 12.0 Å². The third kappa shape index (κ3) is 5.46. The van der Waals surface area contributed by atoms with Crippen LogP contribution in [-0.2, 0) is 14.3 Å². The van der Waals surface area contributed by atoms with Crippen molar-refractivity contribution in [3.63, 3.8) is 0 Å². The summed E-state index contributed by atoms with van der Waals surface area (Å²) >= 11 is 0. The third-order valence-corrected chi connectivity index (χ3v) is 2.95. The van der Waals surface area contributed by atoms with E-state index in [9.17, 15) is 9.59 Å². The molecule has 0 bridgehead atoms. The van der Waals surface area contributed by atoms with E-state index in [2.05, 4.69) is 0 Å². The largest absolute Gasteiger partial charge is 0.449 e. The Labute approximate surface area is 114 Å². The highest BCUT2D eigenvalue weighted by atomic mass is 16.6. The summed E-state index contributed by atoms with van der Waals surface area (Å²) in [6.45, 7) is 7.09. The molecule has 1 rings (SSSR count). The van der Waals surface area contributed by atoms with Crippen LogP contribution >= 0.6 is 0 Å². The molecule has 0 radical (unpaired) electrons. The van der Waals surface area contributed by atoms with Gasteiger partial charge >= 0.3 is 6.09 Å². The molecule has 1 heterocycles. The molecule has 0 spiro atoms. The number of hydrogen-bond acceptors (Lipinski definition) is 4. The van der Waals surface area contributed by atoms with Crippen molar-refractivity contribution in [2.45, 2.75) is 20.3 Å². The van der Waals surface area contributed by atoms with Gasteiger partial charge < -0.3 is 19.3 Å². The molecule has 0 aliphatic carbocycles. The smallest absolute Gasteiger partial charge is 0.409 e. The molecule has 19 heavy (non-hydrogen) atoms. The van der Waals surface area contributed by atoms with Crippen molar-refractivity contribution in [2.24, 2.45) is 5.92 Å². The maximum absolute atomic E-state index is 11.8. The monoisotopic (exact) mass is 272 g/mol. The first-order valence-corrected chi connectivity index (χ1v) is 6.73. The lowest BCUT2D eigenvalue weighted by atomic mass is 10.2. The lowest BCUT2D eigenvalue weighted by Crippen LogP contribution is -2.51. The van der Waals surface area contributed by atoms with Crippen molar-refractivity contribution in [2.75, 3.05) is 46.5 Å². The summed E-state index contributed by atoms with van der Waals surface area (Å²) in [6, 6.07) is 0. The van der Waals surface area contributed by atoms with Gasteiger partial charge in [0.15, 0.2) is 0 Å². The zero-order valence-corrected chi connectivity index (χ0v) is 12.1. The van der Waals surface area contributed by atoms with Gasteiger partial charge in [-0.1, -0.05) is 13.8 Å². The molecule has 0 aromatic rings. The van der Waals surface area contributed by atoms with Gasteiger partial charge in [0, 0.05) is 33.3 Å². The summed E-state index contributed by atoms with van der Waals surface area (Å²) in [7, 11) is 1.58. The van der Waals surface area contributed by atoms with Gasteiger partial charge in [0.1, 0.15) is 0 Å². The van der Waals surface area contributed by atoms with Crippen LogP contribution in [0.2, 0.25) is 0 Å². The van der Waals surface area contributed by atoms with E-state index in [-0.39, 0.29) is 12.0 Å². The van der Waals surface area contributed by atoms with E-state index in [1.54, 1.807) is 16.9 Å². The van der Waals surface area contributed by atoms with Crippen molar-refractivity contribution in [1.29, 1.82) is 0 Å². The molecule has 1 aliphatic rings. The standard InChI is InChI=1S/C13H24N2O4/c1-11(2)10-19-13(17)15-7-5-14(6-8-15)12(16)4-9-18-3/h11H,4-10H2,1-3H3. The molecule has 6 heteroatoms. The minimum absolute atomic E-state index is 0.0806. The number of piperazine rings is 1. The first-order chi connectivity index (χ1) is 9.04. The van der Waals surface area contributed by atoms with Gasteiger partial charge in [0.05, 0.1) is 19.6 Å². The number of carbonyl (C=O) groups is 2. The molecule has 110 valence electrons. The van der Waals surface area contributed by atoms with E-state index in [1.807, 2.05) is 13.8 Å². The lowest BCUT2D eigenvalue weighted by Gasteiger charge is -2.34. The van der Waals surface area contributed by atoms with Crippen molar-refractivity contribution in [1.82, 2.24) is 9.80 Å². The van der Waals surface area contributed by atoms with Crippen LogP contribution in [-0.4, -0.2) is 68.3 Å². The van der Waals surface area contributed by atoms with Crippen LogP contribution in [0.4, 0.5) is 4.79 Å². The Morgan fingerprint density at radius 2 is 1.68 bits per heavy atom. The van der Waals surface area contributed by atoms with Crippen LogP contribution in [0.15, 0.2) is 0 Å². The molecule has 0 atom stereocenters. The summed E-state index contributed by atoms with van der Waals surface area (Å²) < 4.78 is 10.1. The van der Waals surface area contributed by atoms with Gasteiger partial charge in [-0.2, -0.15) is 0 Å². The molecular formula is C13H24N2O4. The highest BCUT2D eigenvalue weighted by molar-refractivity contribution is 5.76. The molecule has 0 saturated carbocycles. The molecule has 1 fully saturated rings. The van der Waals surface area contributed by atoms with Crippen LogP contribution in [0.25, 0.3) is 0 Å². The van der Waals surface area contributed by atoms with Crippen LogP contribution in [0.3, 0.4) is 0 Å². The summed E-state index contributed by atoms with van der Waals surface area (Å²) in [6.07, 6.45) is 0.117. The number of amides is 2. The highest BCUT2D eigenvalue weighted by Gasteiger charge is 2.24. The fourth-order valence-corrected chi connectivity index (χ4v) is 1.82. The minimum Gasteiger partial charge on any atom is -0.449 e. The normalized spacial score (nSPS) is 15.8. The molecule has 0 unspecified atom stereocenters. The summed E-state index contributed by atoms with van der Waals surface area (Å²) in [5.41, 5.74) is 0. The Morgan fingerprint density at radius 3 is 2.21 bits per heavy atom. The van der Waals surface area contributed by atoms with Gasteiger partial charge in [0.2, 0.25) is 5.91 Å². The summed E-state index contributed by atoms with van der Waals surface area (Å²) in [5, 5.41) is 0. The molecular weight excluding hydrogens is 248 g/mol. The Morgan fingerprint density at radius 1 is 1.11 bits per heavy atom. The van der Waals surface area contributed by atoms with Gasteiger partial charge in [-0.05, 0) is 5.92 Å². The van der Waals surface area contributed by atoms with E-state index >= 15 is 0 Å². The van der Waals surface area contributed by atoms with Crippen LogP contribution in [0, 0.1) is 5.92 Å². The molecule has 1 aliphatic heterocycles. The fourth-order valence-electron chi connectivity index (χ4n) is 1.82. The second kappa shape index (κ2) is 7.99. The van der Waals surface area contributed by atoms with Crippen molar-refractivity contribution < 1.29 is 19.1 Å². The quantitative estimate of drug-likeness (QED) is 0.748. The molecule has 1 saturated heterocycles. The number of methoxy groups -OCH3 is 1. The number of nitrogens with zero attached hydrogens (tertiary/aromatic N) is 2. The third-order valence-electron chi connectivity index (χ3n) is 2.95. The number of carbonyl (C=O) groups excluding carboxylic acids is 2. The second-order valence-corrected chi connectivity index (χ2v) is 5.08. The Hall–Kier alpha value is -1.30. The zero-order chi connectivity index (χ0) is 14.3. The Bertz CT molecular complexity index is 299. The molecule has 0 aromatic heterocycles. The van der Waals surface area contributed by atoms with Gasteiger partial charge in [-0.3, -0.25) is 4.79 Å². The van der Waals surface area contributed by atoms with E-state index in [0.717, 1.165) is 0 Å². The van der Waals surface area contributed by atoms with E-state index in [0.29, 0.717) is 51.7 Å². The van der Waals surface area contributed by atoms with Gasteiger partial charge in [-0.15, -0.1) is 0 Å². The highest BCUT2D eigenvalue weighted by Crippen LogP contribution is 2.06. The number of rotatable bonds is 5. The number of hydrogen-bond donors (Lipinski definition) is 0. The van der Waals surface area contributed by atoms with Crippen molar-refractivity contribution in [3.8, 4) is 0 Å². The van der Waals surface area contributed by atoms with E-state index in [1.165, 1.54) is 0 Å². The van der Waals surface area contributed by atoms with Crippen molar-refractivity contribution in [3.05, 3.63) is 0 Å². The summed E-state index contributed by atoms with van der Waals surface area (Å²) in [5.74, 6) is 0.415. The molecule has 2 amide bonds. The average molecular weight is 272 g/mol. The van der Waals surface area contributed by atoms with Crippen LogP contribution in [0.1, 0.15) is 20.3 Å². The number of ether oxygens (including phenoxy) is 2. The maximum atomic E-state index is 11.8. The van der Waals surface area contributed by atoms with Gasteiger partial charge in [-0.25, -0.2) is 4.79 Å². The van der Waals surface area contributed by atoms with E-state index in [4.69, 9.17) is 9.47 Å². The lowest BCUT2D eigenvalue weighted by molar-refractivity contribution is -0.133. The fraction of sp³-hybridized carbons (Fsp3) is 0.846. The first kappa shape index (κ1) is 15.8. The minimum atomic E-state index is -0.280. The molecule has 0 N–H and O–H groups in total. The second-order valence-electron chi connectivity index (χ2n) is 5.08. The SMILES string of the molecule is COCCC(=O)N1CCN(C(=O)OCC(C)C)CC1. The summed E-state index contributed by atoms with van der Waals surface area (Å²) in [4.78, 5) is 26.9. The van der Waals surface area contributed by atoms with Crippen LogP contribution in [0.5, 0.6) is 0 Å². The molecule has 6 nitrogen and oxygen atoms in total. The average Bonchev–Trinajstić information content (AvgIpc) is 2.42. The molecule has 0 aromatic carbocycles. The van der Waals surface area contributed by atoms with E-state index < -0.39 is 0 Å². The first-order valence-electron chi connectivity index (χ1n) is 6.73. The Balaban J connectivity index is 2.28.